The molecule has 10 nitrogen and oxygen atoms in total. The van der Waals surface area contributed by atoms with Crippen LogP contribution >= 0.6 is 0 Å². The number of pyridine rings is 2. The van der Waals surface area contributed by atoms with Crippen molar-refractivity contribution < 1.29 is 35.9 Å². The highest BCUT2D eigenvalue weighted by Crippen LogP contribution is 2.35. The van der Waals surface area contributed by atoms with E-state index >= 15 is 4.39 Å². The third-order valence-electron chi connectivity index (χ3n) is 6.44. The third-order valence-corrected chi connectivity index (χ3v) is 7.84. The number of rotatable bonds is 7. The van der Waals surface area contributed by atoms with Gasteiger partial charge in [0.25, 0.3) is 16.5 Å². The van der Waals surface area contributed by atoms with Crippen LogP contribution in [0.1, 0.15) is 20.8 Å². The molecular weight excluding hydrogens is 599 g/mol. The highest BCUT2D eigenvalue weighted by atomic mass is 32.2. The zero-order valence-corrected chi connectivity index (χ0v) is 25.3. The average molecular weight is 632 g/mol. The van der Waals surface area contributed by atoms with Gasteiger partial charge in [0, 0.05) is 61.3 Å². The number of hydrogen-bond acceptors (Lipinski definition) is 9. The van der Waals surface area contributed by atoms with E-state index in [4.69, 9.17) is 4.74 Å². The first-order valence-electron chi connectivity index (χ1n) is 13.5. The van der Waals surface area contributed by atoms with Gasteiger partial charge in [0.1, 0.15) is 39.2 Å². The zero-order valence-electron chi connectivity index (χ0n) is 24.5. The van der Waals surface area contributed by atoms with E-state index in [0.717, 1.165) is 44.0 Å². The smallest absolute Gasteiger partial charge is 0.293 e. The molecule has 2 aromatic carbocycles. The molecule has 5 rings (SSSR count). The summed E-state index contributed by atoms with van der Waals surface area (Å²) < 4.78 is 80.3. The zero-order chi connectivity index (χ0) is 32.1. The van der Waals surface area contributed by atoms with Crippen molar-refractivity contribution in [2.45, 2.75) is 31.3 Å². The molecule has 2 N–H and O–H groups in total. The van der Waals surface area contributed by atoms with E-state index in [-0.39, 0.29) is 22.7 Å². The number of aromatic nitrogens is 2. The topological polar surface area (TPSA) is 123 Å². The quantitative estimate of drug-likeness (QED) is 0.275. The van der Waals surface area contributed by atoms with Gasteiger partial charge in [-0.2, -0.15) is 0 Å². The summed E-state index contributed by atoms with van der Waals surface area (Å²) in [4.78, 5) is 19.4. The van der Waals surface area contributed by atoms with Gasteiger partial charge in [0.15, 0.2) is 0 Å². The molecule has 4 aromatic rings. The Morgan fingerprint density at radius 1 is 0.977 bits per heavy atom. The molecule has 0 bridgehead atoms. The van der Waals surface area contributed by atoms with Gasteiger partial charge in [0.05, 0.1) is 7.11 Å². The van der Waals surface area contributed by atoms with Gasteiger partial charge < -0.3 is 19.7 Å². The Hall–Kier alpha value is -4.43. The molecule has 0 spiro atoms. The third kappa shape index (κ3) is 7.74. The van der Waals surface area contributed by atoms with Gasteiger partial charge in [-0.25, -0.2) is 26.6 Å². The predicted octanol–water partition coefficient (Wildman–Crippen LogP) is 4.89. The molecule has 3 heterocycles. The number of sulfonamides is 1. The monoisotopic (exact) mass is 631 g/mol. The predicted molar refractivity (Wildman–Crippen MR) is 161 cm³/mol. The van der Waals surface area contributed by atoms with Crippen molar-refractivity contribution in [1.82, 2.24) is 15.3 Å². The lowest BCUT2D eigenvalue weighted by molar-refractivity contribution is -0.138. The minimum Gasteiger partial charge on any atom is -0.480 e. The van der Waals surface area contributed by atoms with Gasteiger partial charge in [-0.05, 0) is 62.7 Å². The molecule has 44 heavy (non-hydrogen) atoms. The van der Waals surface area contributed by atoms with Crippen molar-refractivity contribution in [3.63, 3.8) is 0 Å². The molecule has 0 amide bonds. The van der Waals surface area contributed by atoms with Crippen LogP contribution in [-0.2, 0) is 19.6 Å². The lowest BCUT2D eigenvalue weighted by Gasteiger charge is -2.30. The van der Waals surface area contributed by atoms with Crippen LogP contribution in [-0.4, -0.2) is 63.7 Å². The molecule has 14 heteroatoms. The Bertz CT molecular complexity index is 1760. The largest absolute Gasteiger partial charge is 0.480 e. The molecular formula is C30H32F3N5O5S. The molecule has 0 radical (unpaired) electrons. The van der Waals surface area contributed by atoms with E-state index in [1.165, 1.54) is 25.4 Å². The second-order valence-corrected chi connectivity index (χ2v) is 12.4. The first-order valence-corrected chi connectivity index (χ1v) is 15.0. The van der Waals surface area contributed by atoms with Crippen molar-refractivity contribution >= 4 is 38.8 Å². The SMILES string of the molecule is CC(C)(C)OC=O.COc1ncc(-c2cc(F)c3nccc(N4CCNCC4)c3c2)cc1NS(=O)(=O)c1ccc(F)cc1F. The number of piperazine rings is 1. The molecule has 1 fully saturated rings. The maximum Gasteiger partial charge on any atom is 0.293 e. The van der Waals surface area contributed by atoms with Crippen LogP contribution in [0.2, 0.25) is 0 Å². The summed E-state index contributed by atoms with van der Waals surface area (Å²) >= 11 is 0. The first-order chi connectivity index (χ1) is 20.8. The minimum absolute atomic E-state index is 0.0840. The number of nitrogens with zero attached hydrogens (tertiary/aromatic N) is 3. The molecule has 0 saturated carbocycles. The maximum absolute atomic E-state index is 15.2. The summed E-state index contributed by atoms with van der Waals surface area (Å²) in [5.41, 5.74) is 1.45. The minimum atomic E-state index is -4.46. The van der Waals surface area contributed by atoms with Crippen LogP contribution in [0, 0.1) is 17.5 Å². The van der Waals surface area contributed by atoms with E-state index in [2.05, 4.69) is 29.6 Å². The highest BCUT2D eigenvalue weighted by molar-refractivity contribution is 7.92. The molecule has 1 saturated heterocycles. The summed E-state index contributed by atoms with van der Waals surface area (Å²) in [6.45, 7) is 9.02. The van der Waals surface area contributed by atoms with E-state index in [9.17, 15) is 22.0 Å². The molecule has 234 valence electrons. The van der Waals surface area contributed by atoms with Gasteiger partial charge in [-0.3, -0.25) is 14.5 Å². The molecule has 1 aliphatic rings. The van der Waals surface area contributed by atoms with Crippen LogP contribution in [0.25, 0.3) is 22.0 Å². The second-order valence-electron chi connectivity index (χ2n) is 10.7. The van der Waals surface area contributed by atoms with Crippen LogP contribution in [0.4, 0.5) is 24.5 Å². The van der Waals surface area contributed by atoms with E-state index < -0.39 is 32.4 Å². The fraction of sp³-hybridized carbons (Fsp3) is 0.300. The fourth-order valence-corrected chi connectivity index (χ4v) is 5.54. The van der Waals surface area contributed by atoms with E-state index in [1.54, 1.807) is 12.3 Å². The Morgan fingerprint density at radius 2 is 1.70 bits per heavy atom. The Labute approximate surface area is 253 Å². The lowest BCUT2D eigenvalue weighted by Crippen LogP contribution is -2.43. The van der Waals surface area contributed by atoms with E-state index in [1.807, 2.05) is 26.8 Å². The van der Waals surface area contributed by atoms with Crippen molar-refractivity contribution in [2.24, 2.45) is 0 Å². The Balaban J connectivity index is 0.000000566. The normalized spacial score (nSPS) is 13.6. The van der Waals surface area contributed by atoms with Crippen molar-refractivity contribution in [3.8, 4) is 17.0 Å². The number of carbonyl (C=O) groups excluding carboxylic acids is 1. The van der Waals surface area contributed by atoms with Crippen molar-refractivity contribution in [1.29, 1.82) is 0 Å². The van der Waals surface area contributed by atoms with Crippen LogP contribution in [0.15, 0.2) is 59.8 Å². The summed E-state index contributed by atoms with van der Waals surface area (Å²) in [6.07, 6.45) is 2.98. The average Bonchev–Trinajstić information content (AvgIpc) is 2.96. The lowest BCUT2D eigenvalue weighted by atomic mass is 10.0. The number of anilines is 2. The number of ether oxygens (including phenoxy) is 2. The Morgan fingerprint density at radius 3 is 2.32 bits per heavy atom. The first kappa shape index (κ1) is 32.5. The number of hydrogen-bond donors (Lipinski definition) is 2. The van der Waals surface area contributed by atoms with Gasteiger partial charge >= 0.3 is 0 Å². The van der Waals surface area contributed by atoms with Crippen LogP contribution in [0.5, 0.6) is 5.88 Å². The van der Waals surface area contributed by atoms with Gasteiger partial charge in [-0.1, -0.05) is 0 Å². The number of benzene rings is 2. The second kappa shape index (κ2) is 13.5. The molecule has 2 aromatic heterocycles. The van der Waals surface area contributed by atoms with Gasteiger partial charge in [0.2, 0.25) is 5.88 Å². The summed E-state index contributed by atoms with van der Waals surface area (Å²) in [5, 5.41) is 3.89. The van der Waals surface area contributed by atoms with Crippen LogP contribution in [0.3, 0.4) is 0 Å². The standard InChI is InChI=1S/C25H22F3N5O3S.C5H10O2/c1-36-25-21(32-37(34,35)23-3-2-17(26)13-19(23)27)12-16(14-31-25)15-10-18-22(33-8-6-29-7-9-33)4-5-30-24(18)20(28)11-15;1-5(2,3)7-4-6/h2-5,10-14,29,32H,6-9H2,1H3;4H,1-3H3. The molecule has 0 unspecified atom stereocenters. The van der Waals surface area contributed by atoms with Gasteiger partial charge in [-0.15, -0.1) is 0 Å². The summed E-state index contributed by atoms with van der Waals surface area (Å²) in [7, 11) is -3.17. The number of methoxy groups -OCH3 is 1. The fourth-order valence-electron chi connectivity index (χ4n) is 4.43. The van der Waals surface area contributed by atoms with E-state index in [0.29, 0.717) is 29.1 Å². The molecule has 0 aliphatic carbocycles. The number of fused-ring (bicyclic) bond motifs is 1. The Kier molecular flexibility index (Phi) is 9.95. The summed E-state index contributed by atoms with van der Waals surface area (Å²) in [6, 6.07) is 8.43. The highest BCUT2D eigenvalue weighted by Gasteiger charge is 2.23. The maximum atomic E-state index is 15.2. The van der Waals surface area contributed by atoms with Crippen molar-refractivity contribution in [3.05, 3.63) is 72.3 Å². The van der Waals surface area contributed by atoms with Crippen molar-refractivity contribution in [2.75, 3.05) is 42.9 Å². The van der Waals surface area contributed by atoms with Crippen LogP contribution < -0.4 is 19.7 Å². The molecule has 0 atom stereocenters. The molecule has 1 aliphatic heterocycles. The number of halogens is 3. The number of carbonyl (C=O) groups is 1. The number of nitrogens with one attached hydrogen (secondary N) is 2. The summed E-state index contributed by atoms with van der Waals surface area (Å²) in [5.74, 6) is -2.79.